The van der Waals surface area contributed by atoms with Gasteiger partial charge in [-0.1, -0.05) is 20.8 Å². The van der Waals surface area contributed by atoms with Gasteiger partial charge in [0.2, 0.25) is 0 Å². The Hall–Kier alpha value is -1.06. The summed E-state index contributed by atoms with van der Waals surface area (Å²) in [6, 6.07) is 0. The molecule has 0 spiro atoms. The van der Waals surface area contributed by atoms with Gasteiger partial charge in [0.15, 0.2) is 0 Å². The topological polar surface area (TPSA) is 46.6 Å². The van der Waals surface area contributed by atoms with Gasteiger partial charge in [0.05, 0.1) is 7.11 Å². The zero-order chi connectivity index (χ0) is 13.1. The number of carbonyl (C=O) groups is 2. The van der Waals surface area contributed by atoms with Crippen LogP contribution in [0.4, 0.5) is 0 Å². The lowest BCUT2D eigenvalue weighted by atomic mass is 9.77. The summed E-state index contributed by atoms with van der Waals surface area (Å²) in [7, 11) is 1.25. The number of ether oxygens (including phenoxy) is 1. The standard InChI is InChI=1S/C13H23NO3/c1-13(2,3)10-6-5-8-14(9-7-10)11(15)12(16)17-4/h10H,5-9H2,1-4H3. The van der Waals surface area contributed by atoms with Crippen LogP contribution in [0.25, 0.3) is 0 Å². The van der Waals surface area contributed by atoms with Crippen LogP contribution in [0.5, 0.6) is 0 Å². The molecule has 98 valence electrons. The lowest BCUT2D eigenvalue weighted by molar-refractivity contribution is -0.158. The highest BCUT2D eigenvalue weighted by Crippen LogP contribution is 2.34. The highest BCUT2D eigenvalue weighted by molar-refractivity contribution is 6.32. The molecule has 0 aromatic carbocycles. The second-order valence-corrected chi connectivity index (χ2v) is 5.78. The third kappa shape index (κ3) is 3.72. The molecule has 1 rings (SSSR count). The van der Waals surface area contributed by atoms with E-state index in [1.807, 2.05) is 0 Å². The monoisotopic (exact) mass is 241 g/mol. The van der Waals surface area contributed by atoms with E-state index in [2.05, 4.69) is 25.5 Å². The number of nitrogens with zero attached hydrogens (tertiary/aromatic N) is 1. The molecule has 0 aromatic rings. The molecule has 1 heterocycles. The maximum atomic E-state index is 11.7. The predicted octanol–water partition coefficient (Wildman–Crippen LogP) is 1.83. The zero-order valence-electron chi connectivity index (χ0n) is 11.3. The van der Waals surface area contributed by atoms with E-state index >= 15 is 0 Å². The Morgan fingerprint density at radius 2 is 1.82 bits per heavy atom. The number of hydrogen-bond donors (Lipinski definition) is 0. The lowest BCUT2D eigenvalue weighted by Crippen LogP contribution is -2.38. The summed E-state index contributed by atoms with van der Waals surface area (Å²) in [5.41, 5.74) is 0.268. The Kier molecular flexibility index (Phi) is 4.54. The molecular weight excluding hydrogens is 218 g/mol. The number of likely N-dealkylation sites (tertiary alicyclic amines) is 1. The molecular formula is C13H23NO3. The molecule has 17 heavy (non-hydrogen) atoms. The SMILES string of the molecule is COC(=O)C(=O)N1CCCC(C(C)(C)C)CC1. The number of esters is 1. The van der Waals surface area contributed by atoms with E-state index in [0.717, 1.165) is 19.3 Å². The van der Waals surface area contributed by atoms with Crippen LogP contribution in [0.1, 0.15) is 40.0 Å². The lowest BCUT2D eigenvalue weighted by Gasteiger charge is -2.29. The van der Waals surface area contributed by atoms with Gasteiger partial charge < -0.3 is 9.64 Å². The van der Waals surface area contributed by atoms with Crippen LogP contribution < -0.4 is 0 Å². The minimum absolute atomic E-state index is 0.268. The molecule has 1 saturated heterocycles. The van der Waals surface area contributed by atoms with Crippen molar-refractivity contribution in [3.8, 4) is 0 Å². The van der Waals surface area contributed by atoms with Crippen LogP contribution in [-0.2, 0) is 14.3 Å². The van der Waals surface area contributed by atoms with Gasteiger partial charge in [-0.2, -0.15) is 0 Å². The van der Waals surface area contributed by atoms with Crippen molar-refractivity contribution in [2.24, 2.45) is 11.3 Å². The average Bonchev–Trinajstić information content (AvgIpc) is 2.51. The fourth-order valence-corrected chi connectivity index (χ4v) is 2.38. The van der Waals surface area contributed by atoms with Crippen molar-refractivity contribution in [2.45, 2.75) is 40.0 Å². The van der Waals surface area contributed by atoms with E-state index < -0.39 is 11.9 Å². The highest BCUT2D eigenvalue weighted by atomic mass is 16.5. The van der Waals surface area contributed by atoms with E-state index in [4.69, 9.17) is 0 Å². The quantitative estimate of drug-likeness (QED) is 0.480. The van der Waals surface area contributed by atoms with Gasteiger partial charge in [0.1, 0.15) is 0 Å². The van der Waals surface area contributed by atoms with Crippen molar-refractivity contribution in [3.05, 3.63) is 0 Å². The number of amides is 1. The number of methoxy groups -OCH3 is 1. The van der Waals surface area contributed by atoms with Crippen LogP contribution in [0.15, 0.2) is 0 Å². The molecule has 1 amide bonds. The minimum Gasteiger partial charge on any atom is -0.462 e. The van der Waals surface area contributed by atoms with Crippen molar-refractivity contribution in [1.29, 1.82) is 0 Å². The molecule has 1 aliphatic heterocycles. The molecule has 0 bridgehead atoms. The molecule has 0 aromatic heterocycles. The Labute approximate surface area is 103 Å². The first-order valence-corrected chi connectivity index (χ1v) is 6.23. The van der Waals surface area contributed by atoms with Crippen LogP contribution in [0.2, 0.25) is 0 Å². The Bertz CT molecular complexity index is 294. The van der Waals surface area contributed by atoms with Crippen LogP contribution in [0.3, 0.4) is 0 Å². The third-order valence-corrected chi connectivity index (χ3v) is 3.60. The summed E-state index contributed by atoms with van der Waals surface area (Å²) in [5.74, 6) is -0.640. The molecule has 1 unspecified atom stereocenters. The van der Waals surface area contributed by atoms with E-state index in [1.165, 1.54) is 7.11 Å². The summed E-state index contributed by atoms with van der Waals surface area (Å²) in [5, 5.41) is 0. The van der Waals surface area contributed by atoms with E-state index in [-0.39, 0.29) is 5.41 Å². The highest BCUT2D eigenvalue weighted by Gasteiger charge is 2.30. The second kappa shape index (κ2) is 5.52. The Balaban J connectivity index is 2.59. The molecule has 1 aliphatic rings. The summed E-state index contributed by atoms with van der Waals surface area (Å²) in [6.07, 6.45) is 3.05. The molecule has 0 radical (unpaired) electrons. The molecule has 0 saturated carbocycles. The summed E-state index contributed by atoms with van der Waals surface area (Å²) < 4.78 is 4.47. The Morgan fingerprint density at radius 1 is 1.18 bits per heavy atom. The van der Waals surface area contributed by atoms with Gasteiger partial charge in [-0.25, -0.2) is 4.79 Å². The van der Waals surface area contributed by atoms with Crippen LogP contribution in [0, 0.1) is 11.3 Å². The maximum Gasteiger partial charge on any atom is 0.396 e. The fraction of sp³-hybridized carbons (Fsp3) is 0.846. The van der Waals surface area contributed by atoms with Crippen LogP contribution >= 0.6 is 0 Å². The number of carbonyl (C=O) groups excluding carboxylic acids is 2. The largest absolute Gasteiger partial charge is 0.462 e. The van der Waals surface area contributed by atoms with Gasteiger partial charge >= 0.3 is 11.9 Å². The molecule has 0 N–H and O–H groups in total. The van der Waals surface area contributed by atoms with Crippen molar-refractivity contribution in [2.75, 3.05) is 20.2 Å². The molecule has 4 heteroatoms. The zero-order valence-corrected chi connectivity index (χ0v) is 11.3. The normalized spacial score (nSPS) is 21.9. The number of rotatable bonds is 0. The fourth-order valence-electron chi connectivity index (χ4n) is 2.38. The van der Waals surface area contributed by atoms with E-state index in [9.17, 15) is 9.59 Å². The summed E-state index contributed by atoms with van der Waals surface area (Å²) in [4.78, 5) is 24.5. The van der Waals surface area contributed by atoms with Gasteiger partial charge in [-0.15, -0.1) is 0 Å². The average molecular weight is 241 g/mol. The number of hydrogen-bond acceptors (Lipinski definition) is 3. The van der Waals surface area contributed by atoms with Crippen molar-refractivity contribution in [1.82, 2.24) is 4.90 Å². The van der Waals surface area contributed by atoms with Gasteiger partial charge in [-0.05, 0) is 30.6 Å². The first-order chi connectivity index (χ1) is 7.86. The summed E-state index contributed by atoms with van der Waals surface area (Å²) in [6.45, 7) is 8.02. The molecule has 1 fully saturated rings. The maximum absolute atomic E-state index is 11.7. The van der Waals surface area contributed by atoms with Crippen molar-refractivity contribution < 1.29 is 14.3 Å². The van der Waals surface area contributed by atoms with E-state index in [1.54, 1.807) is 4.90 Å². The third-order valence-electron chi connectivity index (χ3n) is 3.60. The smallest absolute Gasteiger partial charge is 0.396 e. The molecule has 4 nitrogen and oxygen atoms in total. The van der Waals surface area contributed by atoms with Gasteiger partial charge in [0, 0.05) is 13.1 Å². The Morgan fingerprint density at radius 3 is 2.35 bits per heavy atom. The van der Waals surface area contributed by atoms with Crippen LogP contribution in [-0.4, -0.2) is 37.0 Å². The van der Waals surface area contributed by atoms with E-state index in [0.29, 0.717) is 19.0 Å². The first-order valence-electron chi connectivity index (χ1n) is 6.23. The predicted molar refractivity (Wildman–Crippen MR) is 65.4 cm³/mol. The summed E-state index contributed by atoms with van der Waals surface area (Å²) >= 11 is 0. The molecule has 0 aliphatic carbocycles. The minimum atomic E-state index is -0.751. The molecule has 1 atom stereocenters. The van der Waals surface area contributed by atoms with Crippen molar-refractivity contribution >= 4 is 11.9 Å². The second-order valence-electron chi connectivity index (χ2n) is 5.78. The first kappa shape index (κ1) is 14.0. The van der Waals surface area contributed by atoms with Gasteiger partial charge in [0.25, 0.3) is 0 Å². The van der Waals surface area contributed by atoms with Crippen molar-refractivity contribution in [3.63, 3.8) is 0 Å². The van der Waals surface area contributed by atoms with Gasteiger partial charge in [-0.3, -0.25) is 4.79 Å².